The predicted octanol–water partition coefficient (Wildman–Crippen LogP) is 2.17. The second kappa shape index (κ2) is 6.45. The first-order chi connectivity index (χ1) is 12.5. The van der Waals surface area contributed by atoms with Crippen molar-refractivity contribution in [2.24, 2.45) is 11.8 Å². The number of aliphatic hydroxyl groups is 1. The molecule has 3 N–H and O–H groups in total. The Kier molecular flexibility index (Phi) is 4.25. The number of aliphatic hydroxyl groups excluding tert-OH is 1. The fourth-order valence-corrected chi connectivity index (χ4v) is 4.61. The highest BCUT2D eigenvalue weighted by molar-refractivity contribution is 5.85. The molecule has 3 saturated heterocycles. The number of benzene rings is 1. The predicted molar refractivity (Wildman–Crippen MR) is 99.5 cm³/mol. The molecule has 2 bridgehead atoms. The van der Waals surface area contributed by atoms with Crippen molar-refractivity contribution in [3.63, 3.8) is 0 Å². The molecule has 0 aliphatic carbocycles. The van der Waals surface area contributed by atoms with Crippen molar-refractivity contribution < 1.29 is 14.9 Å². The number of methoxy groups -OCH3 is 1. The Bertz CT molecular complexity index is 907. The molecule has 3 aliphatic heterocycles. The van der Waals surface area contributed by atoms with Gasteiger partial charge in [0.1, 0.15) is 5.75 Å². The molecule has 1 aromatic heterocycles. The number of pyridine rings is 1. The quantitative estimate of drug-likeness (QED) is 0.731. The number of aromatic nitrogens is 1. The smallest absolute Gasteiger partial charge is 0.290 e. The molecule has 0 amide bonds. The van der Waals surface area contributed by atoms with Crippen LogP contribution in [0.2, 0.25) is 0 Å². The number of nitrogens with zero attached hydrogens (tertiary/aromatic N) is 1. The molecule has 4 heterocycles. The van der Waals surface area contributed by atoms with Gasteiger partial charge in [-0.15, -0.1) is 6.58 Å². The third-order valence-electron chi connectivity index (χ3n) is 6.05. The third kappa shape index (κ3) is 2.61. The maximum atomic E-state index is 12.2. The van der Waals surface area contributed by atoms with Gasteiger partial charge in [-0.25, -0.2) is 0 Å². The van der Waals surface area contributed by atoms with Gasteiger partial charge < -0.3 is 19.9 Å². The number of fused-ring (bicyclic) bond motifs is 4. The lowest BCUT2D eigenvalue weighted by Gasteiger charge is -2.50. The minimum atomic E-state index is -0.944. The van der Waals surface area contributed by atoms with E-state index in [0.29, 0.717) is 28.5 Å². The van der Waals surface area contributed by atoms with Gasteiger partial charge in [-0.05, 0) is 49.4 Å². The first-order valence-corrected chi connectivity index (χ1v) is 9.01. The summed E-state index contributed by atoms with van der Waals surface area (Å²) in [6.45, 7) is 5.71. The van der Waals surface area contributed by atoms with Gasteiger partial charge in [0.25, 0.3) is 5.56 Å². The summed E-state index contributed by atoms with van der Waals surface area (Å²) in [5.74, 6) is 1.12. The van der Waals surface area contributed by atoms with Crippen molar-refractivity contribution in [2.75, 3.05) is 20.2 Å². The van der Waals surface area contributed by atoms with Crippen molar-refractivity contribution in [2.45, 2.75) is 25.0 Å². The van der Waals surface area contributed by atoms with Gasteiger partial charge in [0.05, 0.1) is 13.2 Å². The van der Waals surface area contributed by atoms with Gasteiger partial charge in [0.2, 0.25) is 0 Å². The Morgan fingerprint density at radius 3 is 2.92 bits per heavy atom. The van der Waals surface area contributed by atoms with E-state index in [1.165, 1.54) is 0 Å². The molecule has 5 rings (SSSR count). The van der Waals surface area contributed by atoms with E-state index in [-0.39, 0.29) is 11.6 Å². The molecule has 0 radical (unpaired) electrons. The zero-order valence-corrected chi connectivity index (χ0v) is 14.8. The monoisotopic (exact) mass is 356 g/mol. The topological polar surface area (TPSA) is 85.8 Å². The molecule has 6 heteroatoms. The molecule has 5 atom stereocenters. The van der Waals surface area contributed by atoms with Crippen LogP contribution in [0.3, 0.4) is 0 Å². The van der Waals surface area contributed by atoms with Crippen LogP contribution < -0.4 is 10.3 Å². The van der Waals surface area contributed by atoms with Crippen LogP contribution in [0.1, 0.15) is 24.5 Å². The molecule has 2 aromatic rings. The molecule has 0 spiro atoms. The Hall–Kier alpha value is -2.31. The lowest BCUT2D eigenvalue weighted by atomic mass is 9.73. The minimum absolute atomic E-state index is 0.118. The molecule has 3 fully saturated rings. The second-order valence-electron chi connectivity index (χ2n) is 7.32. The Morgan fingerprint density at radius 2 is 2.27 bits per heavy atom. The van der Waals surface area contributed by atoms with Crippen LogP contribution >= 0.6 is 0 Å². The number of hydrogen-bond donors (Lipinski definition) is 3. The molecule has 0 saturated carbocycles. The average Bonchev–Trinajstić information content (AvgIpc) is 2.68. The van der Waals surface area contributed by atoms with Crippen LogP contribution in [0.25, 0.3) is 10.9 Å². The molecule has 26 heavy (non-hydrogen) atoms. The number of rotatable bonds is 4. The minimum Gasteiger partial charge on any atom is -0.503 e. The maximum Gasteiger partial charge on any atom is 0.290 e. The standard InChI is InChI=1S/C20H24N2O4/c1-3-11-10-22-7-6-12(11)8-16(22)18(23)17-14-9-13(26-2)4-5-15(14)21-20(25)19(17)24/h3-5,9,11-12,16,18,23-24H,1,6-8,10H2,2H3,(H,21,25)/t11-,12-,16+,18+/m0/s1. The summed E-state index contributed by atoms with van der Waals surface area (Å²) in [6.07, 6.45) is 2.98. The van der Waals surface area contributed by atoms with E-state index < -0.39 is 17.4 Å². The van der Waals surface area contributed by atoms with E-state index in [1.54, 1.807) is 25.3 Å². The number of hydrogen-bond acceptors (Lipinski definition) is 5. The second-order valence-corrected chi connectivity index (χ2v) is 7.32. The van der Waals surface area contributed by atoms with Gasteiger partial charge in [0.15, 0.2) is 5.75 Å². The highest BCUT2D eigenvalue weighted by atomic mass is 16.5. The number of aromatic hydroxyl groups is 1. The van der Waals surface area contributed by atoms with E-state index in [9.17, 15) is 15.0 Å². The van der Waals surface area contributed by atoms with Gasteiger partial charge in [-0.1, -0.05) is 6.08 Å². The zero-order chi connectivity index (χ0) is 18.4. The molecular weight excluding hydrogens is 332 g/mol. The number of nitrogens with one attached hydrogen (secondary N) is 1. The van der Waals surface area contributed by atoms with Gasteiger partial charge in [0, 0.05) is 29.1 Å². The van der Waals surface area contributed by atoms with Crippen LogP contribution in [0.15, 0.2) is 35.6 Å². The lowest BCUT2D eigenvalue weighted by Crippen LogP contribution is -2.54. The van der Waals surface area contributed by atoms with Crippen molar-refractivity contribution >= 4 is 10.9 Å². The highest BCUT2D eigenvalue weighted by Gasteiger charge is 2.43. The maximum absolute atomic E-state index is 12.2. The largest absolute Gasteiger partial charge is 0.503 e. The van der Waals surface area contributed by atoms with E-state index in [1.807, 2.05) is 6.08 Å². The van der Waals surface area contributed by atoms with Crippen molar-refractivity contribution in [3.8, 4) is 11.5 Å². The van der Waals surface area contributed by atoms with Crippen LogP contribution in [0.4, 0.5) is 0 Å². The van der Waals surface area contributed by atoms with Crippen LogP contribution in [0.5, 0.6) is 11.5 Å². The molecule has 3 aliphatic rings. The summed E-state index contributed by atoms with van der Waals surface area (Å²) < 4.78 is 5.27. The Morgan fingerprint density at radius 1 is 1.46 bits per heavy atom. The van der Waals surface area contributed by atoms with E-state index >= 15 is 0 Å². The van der Waals surface area contributed by atoms with Crippen LogP contribution in [-0.4, -0.2) is 46.3 Å². The first kappa shape index (κ1) is 17.1. The van der Waals surface area contributed by atoms with Crippen LogP contribution in [0, 0.1) is 11.8 Å². The molecule has 1 aromatic carbocycles. The highest BCUT2D eigenvalue weighted by Crippen LogP contribution is 2.43. The first-order valence-electron chi connectivity index (χ1n) is 9.01. The van der Waals surface area contributed by atoms with E-state index in [2.05, 4.69) is 16.5 Å². The average molecular weight is 356 g/mol. The summed E-state index contributed by atoms with van der Waals surface area (Å²) in [5, 5.41) is 22.2. The number of ether oxygens (including phenoxy) is 1. The summed E-state index contributed by atoms with van der Waals surface area (Å²) in [4.78, 5) is 17.1. The molecule has 6 nitrogen and oxygen atoms in total. The third-order valence-corrected chi connectivity index (χ3v) is 6.05. The van der Waals surface area contributed by atoms with Crippen molar-refractivity contribution in [3.05, 3.63) is 46.8 Å². The number of aromatic amines is 1. The fraction of sp³-hybridized carbons (Fsp3) is 0.450. The SMILES string of the molecule is C=C[C@H]1CN2CC[C@H]1C[C@@H]2[C@@H](O)c1c(O)c(=O)[nH]c2ccc(OC)cc12. The van der Waals surface area contributed by atoms with E-state index in [0.717, 1.165) is 25.9 Å². The lowest BCUT2D eigenvalue weighted by molar-refractivity contribution is -0.0450. The Balaban J connectivity index is 1.79. The summed E-state index contributed by atoms with van der Waals surface area (Å²) in [5.41, 5.74) is 0.273. The molecule has 138 valence electrons. The zero-order valence-electron chi connectivity index (χ0n) is 14.8. The van der Waals surface area contributed by atoms with Crippen molar-refractivity contribution in [1.82, 2.24) is 9.88 Å². The number of piperidine rings is 3. The fourth-order valence-electron chi connectivity index (χ4n) is 4.61. The molecular formula is C20H24N2O4. The van der Waals surface area contributed by atoms with Gasteiger partial charge in [-0.2, -0.15) is 0 Å². The summed E-state index contributed by atoms with van der Waals surface area (Å²) >= 11 is 0. The normalized spacial score (nSPS) is 28.8. The summed E-state index contributed by atoms with van der Waals surface area (Å²) in [6, 6.07) is 5.09. The number of H-pyrrole nitrogens is 1. The Labute approximate surface area is 151 Å². The van der Waals surface area contributed by atoms with Gasteiger partial charge in [-0.3, -0.25) is 9.69 Å². The van der Waals surface area contributed by atoms with Gasteiger partial charge >= 0.3 is 0 Å². The summed E-state index contributed by atoms with van der Waals surface area (Å²) in [7, 11) is 1.56. The molecule has 1 unspecified atom stereocenters. The van der Waals surface area contributed by atoms with E-state index in [4.69, 9.17) is 4.74 Å². The van der Waals surface area contributed by atoms with Crippen molar-refractivity contribution in [1.29, 1.82) is 0 Å². The van der Waals surface area contributed by atoms with Crippen LogP contribution in [-0.2, 0) is 0 Å².